The monoisotopic (exact) mass is 278 g/mol. The Kier molecular flexibility index (Phi) is 4.27. The quantitative estimate of drug-likeness (QED) is 0.932. The summed E-state index contributed by atoms with van der Waals surface area (Å²) in [5.41, 5.74) is 3.97. The smallest absolute Gasteiger partial charge is 0.0845 e. The molecule has 1 aromatic heterocycles. The Labute approximate surface area is 118 Å². The number of aliphatic hydroxyl groups excluding tert-OH is 1. The lowest BCUT2D eigenvalue weighted by atomic mass is 10.0. The molecule has 2 aromatic rings. The van der Waals surface area contributed by atoms with E-state index in [1.165, 1.54) is 0 Å². The second-order valence-corrected chi connectivity index (χ2v) is 5.24. The predicted molar refractivity (Wildman–Crippen MR) is 77.4 cm³/mol. The Morgan fingerprint density at radius 2 is 2.11 bits per heavy atom. The van der Waals surface area contributed by atoms with Gasteiger partial charge >= 0.3 is 0 Å². The molecule has 0 bridgehead atoms. The van der Waals surface area contributed by atoms with Crippen molar-refractivity contribution in [3.63, 3.8) is 0 Å². The van der Waals surface area contributed by atoms with Crippen LogP contribution in [0.5, 0.6) is 0 Å². The summed E-state index contributed by atoms with van der Waals surface area (Å²) in [7, 11) is 1.91. The van der Waals surface area contributed by atoms with E-state index in [0.29, 0.717) is 6.42 Å². The van der Waals surface area contributed by atoms with Crippen LogP contribution in [0.25, 0.3) is 0 Å². The number of hydrogen-bond acceptors (Lipinski definition) is 2. The molecule has 0 radical (unpaired) electrons. The van der Waals surface area contributed by atoms with Gasteiger partial charge in [-0.3, -0.25) is 4.68 Å². The molecule has 19 heavy (non-hydrogen) atoms. The molecule has 1 atom stereocenters. The van der Waals surface area contributed by atoms with Gasteiger partial charge in [0.2, 0.25) is 0 Å². The van der Waals surface area contributed by atoms with E-state index in [0.717, 1.165) is 34.0 Å². The maximum absolute atomic E-state index is 10.3. The van der Waals surface area contributed by atoms with Crippen LogP contribution in [0.4, 0.5) is 0 Å². The lowest BCUT2D eigenvalue weighted by Gasteiger charge is -2.12. The second-order valence-electron chi connectivity index (χ2n) is 4.83. The molecular formula is C15H19ClN2O. The SMILES string of the molecule is CCc1cc(CC(O)c2ccc(Cl)c(C)c2)n(C)n1. The van der Waals surface area contributed by atoms with Gasteiger partial charge in [-0.1, -0.05) is 30.7 Å². The summed E-state index contributed by atoms with van der Waals surface area (Å²) in [6.07, 6.45) is 0.935. The summed E-state index contributed by atoms with van der Waals surface area (Å²) in [5.74, 6) is 0. The van der Waals surface area contributed by atoms with Gasteiger partial charge in [-0.05, 0) is 36.6 Å². The highest BCUT2D eigenvalue weighted by atomic mass is 35.5. The lowest BCUT2D eigenvalue weighted by molar-refractivity contribution is 0.175. The standard InChI is InChI=1S/C15H19ClN2O/c1-4-12-8-13(18(3)17-12)9-15(19)11-5-6-14(16)10(2)7-11/h5-8,15,19H,4,9H2,1-3H3. The van der Waals surface area contributed by atoms with Crippen molar-refractivity contribution in [2.24, 2.45) is 7.05 Å². The number of hydrogen-bond donors (Lipinski definition) is 1. The average molecular weight is 279 g/mol. The van der Waals surface area contributed by atoms with Crippen molar-refractivity contribution >= 4 is 11.6 Å². The molecule has 0 saturated heterocycles. The van der Waals surface area contributed by atoms with Crippen LogP contribution in [0, 0.1) is 6.92 Å². The largest absolute Gasteiger partial charge is 0.388 e. The fourth-order valence-electron chi connectivity index (χ4n) is 2.13. The Morgan fingerprint density at radius 3 is 2.68 bits per heavy atom. The van der Waals surface area contributed by atoms with Crippen LogP contribution < -0.4 is 0 Å². The van der Waals surface area contributed by atoms with Crippen molar-refractivity contribution in [3.05, 3.63) is 51.8 Å². The molecule has 1 N–H and O–H groups in total. The first-order valence-corrected chi connectivity index (χ1v) is 6.85. The van der Waals surface area contributed by atoms with Crippen LogP contribution in [0.15, 0.2) is 24.3 Å². The Bertz CT molecular complexity index is 578. The summed E-state index contributed by atoms with van der Waals surface area (Å²) in [6.45, 7) is 4.02. The van der Waals surface area contributed by atoms with Crippen molar-refractivity contribution < 1.29 is 5.11 Å². The van der Waals surface area contributed by atoms with Crippen LogP contribution in [0.1, 0.15) is 35.5 Å². The molecule has 4 heteroatoms. The minimum absolute atomic E-state index is 0.531. The summed E-state index contributed by atoms with van der Waals surface area (Å²) in [5, 5.41) is 15.4. The molecule has 0 spiro atoms. The molecule has 0 saturated carbocycles. The maximum Gasteiger partial charge on any atom is 0.0845 e. The summed E-state index contributed by atoms with van der Waals surface area (Å²) >= 11 is 6.00. The molecular weight excluding hydrogens is 260 g/mol. The van der Waals surface area contributed by atoms with Crippen molar-refractivity contribution in [1.29, 1.82) is 0 Å². The first-order chi connectivity index (χ1) is 9.01. The molecule has 102 valence electrons. The van der Waals surface area contributed by atoms with E-state index in [1.807, 2.05) is 42.9 Å². The zero-order chi connectivity index (χ0) is 14.0. The van der Waals surface area contributed by atoms with Crippen LogP contribution in [-0.4, -0.2) is 14.9 Å². The minimum atomic E-state index is -0.531. The molecule has 0 aliphatic rings. The molecule has 0 amide bonds. The van der Waals surface area contributed by atoms with E-state index in [2.05, 4.69) is 12.0 Å². The number of halogens is 1. The van der Waals surface area contributed by atoms with Crippen molar-refractivity contribution in [2.75, 3.05) is 0 Å². The molecule has 2 rings (SSSR count). The Morgan fingerprint density at radius 1 is 1.37 bits per heavy atom. The highest BCUT2D eigenvalue weighted by Crippen LogP contribution is 2.23. The zero-order valence-electron chi connectivity index (χ0n) is 11.5. The number of aromatic nitrogens is 2. The van der Waals surface area contributed by atoms with Crippen LogP contribution in [0.3, 0.4) is 0 Å². The number of aryl methyl sites for hydroxylation is 3. The van der Waals surface area contributed by atoms with Gasteiger partial charge < -0.3 is 5.11 Å². The van der Waals surface area contributed by atoms with Gasteiger partial charge in [0.25, 0.3) is 0 Å². The van der Waals surface area contributed by atoms with Gasteiger partial charge in [0.1, 0.15) is 0 Å². The topological polar surface area (TPSA) is 38.0 Å². The van der Waals surface area contributed by atoms with E-state index >= 15 is 0 Å². The molecule has 0 fully saturated rings. The molecule has 1 unspecified atom stereocenters. The number of nitrogens with zero attached hydrogens (tertiary/aromatic N) is 2. The highest BCUT2D eigenvalue weighted by molar-refractivity contribution is 6.31. The van der Waals surface area contributed by atoms with E-state index < -0.39 is 6.10 Å². The van der Waals surface area contributed by atoms with Gasteiger partial charge in [0, 0.05) is 24.2 Å². The van der Waals surface area contributed by atoms with E-state index in [1.54, 1.807) is 0 Å². The first-order valence-electron chi connectivity index (χ1n) is 6.47. The predicted octanol–water partition coefficient (Wildman–Crippen LogP) is 3.22. The Balaban J connectivity index is 2.17. The van der Waals surface area contributed by atoms with E-state index in [-0.39, 0.29) is 0 Å². The summed E-state index contributed by atoms with van der Waals surface area (Å²) in [4.78, 5) is 0. The number of aliphatic hydroxyl groups is 1. The van der Waals surface area contributed by atoms with Gasteiger partial charge in [-0.2, -0.15) is 5.10 Å². The summed E-state index contributed by atoms with van der Waals surface area (Å²) in [6, 6.07) is 7.68. The fourth-order valence-corrected chi connectivity index (χ4v) is 2.24. The summed E-state index contributed by atoms with van der Waals surface area (Å²) < 4.78 is 1.84. The van der Waals surface area contributed by atoms with Crippen LogP contribution in [0.2, 0.25) is 5.02 Å². The third kappa shape index (κ3) is 3.17. The minimum Gasteiger partial charge on any atom is -0.388 e. The number of rotatable bonds is 4. The average Bonchev–Trinajstić information content (AvgIpc) is 2.73. The lowest BCUT2D eigenvalue weighted by Crippen LogP contribution is -2.06. The van der Waals surface area contributed by atoms with Crippen LogP contribution in [-0.2, 0) is 19.9 Å². The molecule has 0 aliphatic carbocycles. The van der Waals surface area contributed by atoms with Crippen molar-refractivity contribution in [1.82, 2.24) is 9.78 Å². The van der Waals surface area contributed by atoms with Gasteiger partial charge in [0.15, 0.2) is 0 Å². The maximum atomic E-state index is 10.3. The van der Waals surface area contributed by atoms with Gasteiger partial charge in [-0.15, -0.1) is 0 Å². The fraction of sp³-hybridized carbons (Fsp3) is 0.400. The van der Waals surface area contributed by atoms with Crippen molar-refractivity contribution in [2.45, 2.75) is 32.8 Å². The van der Waals surface area contributed by atoms with Crippen molar-refractivity contribution in [3.8, 4) is 0 Å². The normalized spacial score (nSPS) is 12.7. The van der Waals surface area contributed by atoms with Gasteiger partial charge in [0.05, 0.1) is 11.8 Å². The molecule has 3 nitrogen and oxygen atoms in total. The molecule has 0 aliphatic heterocycles. The van der Waals surface area contributed by atoms with Crippen LogP contribution >= 0.6 is 11.6 Å². The molecule has 1 heterocycles. The third-order valence-electron chi connectivity index (χ3n) is 3.36. The van der Waals surface area contributed by atoms with Gasteiger partial charge in [-0.25, -0.2) is 0 Å². The van der Waals surface area contributed by atoms with E-state index in [4.69, 9.17) is 11.6 Å². The highest BCUT2D eigenvalue weighted by Gasteiger charge is 2.13. The zero-order valence-corrected chi connectivity index (χ0v) is 12.3. The molecule has 1 aromatic carbocycles. The van der Waals surface area contributed by atoms with E-state index in [9.17, 15) is 5.11 Å². The Hall–Kier alpha value is -1.32. The second kappa shape index (κ2) is 5.76. The number of benzene rings is 1. The third-order valence-corrected chi connectivity index (χ3v) is 3.78. The first kappa shape index (κ1) is 14.1.